The molecule has 0 radical (unpaired) electrons. The molecule has 2 aliphatic heterocycles. The van der Waals surface area contributed by atoms with Gasteiger partial charge in [-0.2, -0.15) is 0 Å². The number of nitrogens with one attached hydrogen (secondary N) is 1. The van der Waals surface area contributed by atoms with E-state index in [4.69, 9.17) is 0 Å². The number of benzene rings is 1. The van der Waals surface area contributed by atoms with Crippen LogP contribution in [0.1, 0.15) is 29.6 Å². The Morgan fingerprint density at radius 1 is 1.06 bits per heavy atom. The number of hydrogen-bond acceptors (Lipinski definition) is 8. The number of hydrogen-bond donors (Lipinski definition) is 1. The van der Waals surface area contributed by atoms with E-state index in [-0.39, 0.29) is 17.2 Å². The SMILES string of the molecule is O=C(c1cc(NCCCN2CCN(c3ncccn3)CC2)ccc1[N+](=O)[O-])N1CCCC1. The normalized spacial score (nSPS) is 16.9. The summed E-state index contributed by atoms with van der Waals surface area (Å²) in [6.45, 7) is 6.76. The first-order valence-electron chi connectivity index (χ1n) is 11.2. The van der Waals surface area contributed by atoms with E-state index in [1.807, 2.05) is 6.07 Å². The van der Waals surface area contributed by atoms with Gasteiger partial charge in [0.1, 0.15) is 5.56 Å². The Bertz CT molecular complexity index is 926. The van der Waals surface area contributed by atoms with Crippen LogP contribution in [0.3, 0.4) is 0 Å². The van der Waals surface area contributed by atoms with Gasteiger partial charge in [0.25, 0.3) is 11.6 Å². The molecule has 2 aliphatic rings. The van der Waals surface area contributed by atoms with Gasteiger partial charge in [-0.3, -0.25) is 19.8 Å². The molecule has 0 atom stereocenters. The van der Waals surface area contributed by atoms with Crippen molar-refractivity contribution in [3.05, 3.63) is 52.3 Å². The summed E-state index contributed by atoms with van der Waals surface area (Å²) in [6.07, 6.45) is 6.37. The minimum Gasteiger partial charge on any atom is -0.385 e. The second-order valence-electron chi connectivity index (χ2n) is 8.15. The van der Waals surface area contributed by atoms with Crippen molar-refractivity contribution >= 4 is 23.2 Å². The molecule has 1 aromatic carbocycles. The number of carbonyl (C=O) groups excluding carboxylic acids is 1. The first-order chi connectivity index (χ1) is 15.6. The van der Waals surface area contributed by atoms with Crippen molar-refractivity contribution in [1.29, 1.82) is 0 Å². The Kier molecular flexibility index (Phi) is 7.10. The molecular formula is C22H29N7O3. The van der Waals surface area contributed by atoms with E-state index in [1.54, 1.807) is 29.4 Å². The van der Waals surface area contributed by atoms with Crippen molar-refractivity contribution in [2.75, 3.05) is 62.6 Å². The molecule has 0 spiro atoms. The van der Waals surface area contributed by atoms with E-state index in [0.29, 0.717) is 13.1 Å². The number of amides is 1. The van der Waals surface area contributed by atoms with Gasteiger partial charge >= 0.3 is 0 Å². The summed E-state index contributed by atoms with van der Waals surface area (Å²) in [4.78, 5) is 38.6. The molecule has 2 aromatic rings. The van der Waals surface area contributed by atoms with Crippen LogP contribution in [0.15, 0.2) is 36.7 Å². The third kappa shape index (κ3) is 5.31. The van der Waals surface area contributed by atoms with E-state index >= 15 is 0 Å². The molecular weight excluding hydrogens is 410 g/mol. The molecule has 2 saturated heterocycles. The van der Waals surface area contributed by atoms with E-state index < -0.39 is 4.92 Å². The van der Waals surface area contributed by atoms with E-state index in [2.05, 4.69) is 25.1 Å². The number of aromatic nitrogens is 2. The lowest BCUT2D eigenvalue weighted by Gasteiger charge is -2.34. The number of nitrogens with zero attached hydrogens (tertiary/aromatic N) is 6. The minimum atomic E-state index is -0.479. The Hall–Kier alpha value is -3.27. The summed E-state index contributed by atoms with van der Waals surface area (Å²) >= 11 is 0. The van der Waals surface area contributed by atoms with Crippen LogP contribution in [0.25, 0.3) is 0 Å². The largest absolute Gasteiger partial charge is 0.385 e. The topological polar surface area (TPSA) is 108 Å². The summed E-state index contributed by atoms with van der Waals surface area (Å²) in [7, 11) is 0. The maximum Gasteiger partial charge on any atom is 0.282 e. The maximum absolute atomic E-state index is 12.8. The first-order valence-corrected chi connectivity index (χ1v) is 11.2. The molecule has 32 heavy (non-hydrogen) atoms. The third-order valence-corrected chi connectivity index (χ3v) is 6.00. The summed E-state index contributed by atoms with van der Waals surface area (Å²) in [5.74, 6) is 0.532. The van der Waals surface area contributed by atoms with Crippen LogP contribution in [0.4, 0.5) is 17.3 Å². The highest BCUT2D eigenvalue weighted by Gasteiger charge is 2.27. The van der Waals surface area contributed by atoms with Gasteiger partial charge in [0.05, 0.1) is 4.92 Å². The standard InChI is InChI=1S/C22H29N7O3/c30-21(27-11-1-2-12-27)19-17-18(5-6-20(19)29(31)32)23-9-4-10-26-13-15-28(16-14-26)22-24-7-3-8-25-22/h3,5-8,17,23H,1-2,4,9-16H2. The van der Waals surface area contributed by atoms with E-state index in [1.165, 1.54) is 6.07 Å². The summed E-state index contributed by atoms with van der Waals surface area (Å²) < 4.78 is 0. The van der Waals surface area contributed by atoms with Gasteiger partial charge in [0, 0.05) is 70.0 Å². The Morgan fingerprint density at radius 2 is 1.78 bits per heavy atom. The zero-order valence-electron chi connectivity index (χ0n) is 18.2. The van der Waals surface area contributed by atoms with E-state index in [0.717, 1.165) is 70.2 Å². The van der Waals surface area contributed by atoms with Crippen LogP contribution in [0.5, 0.6) is 0 Å². The fourth-order valence-electron chi connectivity index (χ4n) is 4.23. The fraction of sp³-hybridized carbons (Fsp3) is 0.500. The zero-order chi connectivity index (χ0) is 22.3. The van der Waals surface area contributed by atoms with Crippen molar-refractivity contribution in [2.24, 2.45) is 0 Å². The van der Waals surface area contributed by atoms with Crippen LogP contribution >= 0.6 is 0 Å². The number of nitro benzene ring substituents is 1. The van der Waals surface area contributed by atoms with Gasteiger partial charge in [-0.25, -0.2) is 9.97 Å². The van der Waals surface area contributed by atoms with Gasteiger partial charge in [-0.15, -0.1) is 0 Å². The summed E-state index contributed by atoms with van der Waals surface area (Å²) in [6, 6.07) is 6.55. The molecule has 0 bridgehead atoms. The second kappa shape index (κ2) is 10.4. The maximum atomic E-state index is 12.8. The summed E-state index contributed by atoms with van der Waals surface area (Å²) in [5, 5.41) is 14.7. The minimum absolute atomic E-state index is 0.132. The molecule has 1 N–H and O–H groups in total. The Labute approximate surface area is 187 Å². The number of carbonyl (C=O) groups is 1. The molecule has 10 nitrogen and oxygen atoms in total. The average Bonchev–Trinajstić information content (AvgIpc) is 3.37. The van der Waals surface area contributed by atoms with E-state index in [9.17, 15) is 14.9 Å². The first kappa shape index (κ1) is 21.9. The molecule has 0 unspecified atom stereocenters. The van der Waals surface area contributed by atoms with Crippen molar-refractivity contribution in [2.45, 2.75) is 19.3 Å². The molecule has 10 heteroatoms. The number of rotatable bonds is 8. The lowest BCUT2D eigenvalue weighted by molar-refractivity contribution is -0.385. The van der Waals surface area contributed by atoms with Crippen molar-refractivity contribution in [3.63, 3.8) is 0 Å². The predicted octanol–water partition coefficient (Wildman–Crippen LogP) is 2.24. The van der Waals surface area contributed by atoms with Crippen LogP contribution in [0.2, 0.25) is 0 Å². The molecule has 0 aliphatic carbocycles. The lowest BCUT2D eigenvalue weighted by Crippen LogP contribution is -2.47. The van der Waals surface area contributed by atoms with Crippen LogP contribution < -0.4 is 10.2 Å². The number of piperazine rings is 1. The smallest absolute Gasteiger partial charge is 0.282 e. The number of likely N-dealkylation sites (tertiary alicyclic amines) is 1. The molecule has 170 valence electrons. The number of nitro groups is 1. The third-order valence-electron chi connectivity index (χ3n) is 6.00. The summed E-state index contributed by atoms with van der Waals surface area (Å²) in [5.41, 5.74) is 0.776. The quantitative estimate of drug-likeness (QED) is 0.379. The molecule has 0 saturated carbocycles. The highest BCUT2D eigenvalue weighted by atomic mass is 16.6. The molecule has 3 heterocycles. The Balaban J connectivity index is 1.26. The highest BCUT2D eigenvalue weighted by molar-refractivity contribution is 5.99. The van der Waals surface area contributed by atoms with Crippen LogP contribution in [0, 0.1) is 10.1 Å². The second-order valence-corrected chi connectivity index (χ2v) is 8.15. The molecule has 1 aromatic heterocycles. The Morgan fingerprint density at radius 3 is 2.47 bits per heavy atom. The van der Waals surface area contributed by atoms with Crippen LogP contribution in [-0.4, -0.2) is 83.0 Å². The lowest BCUT2D eigenvalue weighted by atomic mass is 10.1. The molecule has 2 fully saturated rings. The van der Waals surface area contributed by atoms with Crippen LogP contribution in [-0.2, 0) is 0 Å². The van der Waals surface area contributed by atoms with Crippen molar-refractivity contribution in [1.82, 2.24) is 19.8 Å². The van der Waals surface area contributed by atoms with Gasteiger partial charge in [-0.05, 0) is 44.0 Å². The van der Waals surface area contributed by atoms with Crippen molar-refractivity contribution in [3.8, 4) is 0 Å². The van der Waals surface area contributed by atoms with Gasteiger partial charge in [-0.1, -0.05) is 0 Å². The number of anilines is 2. The molecule has 1 amide bonds. The average molecular weight is 440 g/mol. The molecule has 4 rings (SSSR count). The van der Waals surface area contributed by atoms with Gasteiger partial charge in [0.15, 0.2) is 0 Å². The van der Waals surface area contributed by atoms with Gasteiger partial charge < -0.3 is 15.1 Å². The van der Waals surface area contributed by atoms with Crippen molar-refractivity contribution < 1.29 is 9.72 Å². The monoisotopic (exact) mass is 439 g/mol. The predicted molar refractivity (Wildman–Crippen MR) is 122 cm³/mol. The van der Waals surface area contributed by atoms with Gasteiger partial charge in [0.2, 0.25) is 5.95 Å². The fourth-order valence-corrected chi connectivity index (χ4v) is 4.23. The zero-order valence-corrected chi connectivity index (χ0v) is 18.2. The highest BCUT2D eigenvalue weighted by Crippen LogP contribution is 2.25.